The number of hydrogen-bond donors (Lipinski definition) is 2. The van der Waals surface area contributed by atoms with Crippen LogP contribution >= 0.6 is 0 Å². The van der Waals surface area contributed by atoms with E-state index in [0.29, 0.717) is 11.9 Å². The summed E-state index contributed by atoms with van der Waals surface area (Å²) in [5, 5.41) is 11.7. The van der Waals surface area contributed by atoms with Crippen LogP contribution in [0.4, 0.5) is 0 Å². The van der Waals surface area contributed by atoms with Crippen molar-refractivity contribution in [1.29, 1.82) is 0 Å². The Balaban J connectivity index is 1.81. The molecule has 2 aliphatic rings. The second-order valence-electron chi connectivity index (χ2n) is 4.35. The monoisotopic (exact) mass is 213 g/mol. The van der Waals surface area contributed by atoms with Crippen LogP contribution in [0.25, 0.3) is 0 Å². The quantitative estimate of drug-likeness (QED) is 0.298. The van der Waals surface area contributed by atoms with Crippen LogP contribution in [0.5, 0.6) is 0 Å². The van der Waals surface area contributed by atoms with E-state index in [9.17, 15) is 0 Å². The van der Waals surface area contributed by atoms with Crippen molar-refractivity contribution in [2.24, 2.45) is 16.8 Å². The molecule has 86 valence electrons. The molecule has 2 aliphatic heterocycles. The number of oxime groups is 1. The van der Waals surface area contributed by atoms with Gasteiger partial charge < -0.3 is 15.7 Å². The van der Waals surface area contributed by atoms with Gasteiger partial charge >= 0.3 is 0 Å². The average Bonchev–Trinajstić information content (AvgIpc) is 2.82. The lowest BCUT2D eigenvalue weighted by Gasteiger charge is -2.34. The maximum absolute atomic E-state index is 8.59. The third-order valence-corrected chi connectivity index (χ3v) is 3.49. The van der Waals surface area contributed by atoms with E-state index in [1.807, 2.05) is 0 Å². The van der Waals surface area contributed by atoms with Crippen LogP contribution in [0.15, 0.2) is 5.16 Å². The van der Waals surface area contributed by atoms with Gasteiger partial charge in [-0.2, -0.15) is 0 Å². The Labute approximate surface area is 89.9 Å². The summed E-state index contributed by atoms with van der Waals surface area (Å²) in [7, 11) is 0. The summed E-state index contributed by atoms with van der Waals surface area (Å²) < 4.78 is 5.38. The summed E-state index contributed by atoms with van der Waals surface area (Å²) in [6.07, 6.45) is 3.13. The van der Waals surface area contributed by atoms with Gasteiger partial charge in [0.2, 0.25) is 0 Å². The molecule has 0 aromatic rings. The summed E-state index contributed by atoms with van der Waals surface area (Å²) >= 11 is 0. The summed E-state index contributed by atoms with van der Waals surface area (Å²) in [6, 6.07) is 0.596. The highest BCUT2D eigenvalue weighted by atomic mass is 16.5. The number of likely N-dealkylation sites (tertiary alicyclic amines) is 1. The SMILES string of the molecule is NC(=NO)C1CCN(C2CCOC2)CC1. The molecule has 0 aliphatic carbocycles. The van der Waals surface area contributed by atoms with Gasteiger partial charge in [0.1, 0.15) is 5.84 Å². The van der Waals surface area contributed by atoms with E-state index in [0.717, 1.165) is 45.6 Å². The molecular formula is C10H19N3O2. The molecule has 2 saturated heterocycles. The maximum atomic E-state index is 8.59. The lowest BCUT2D eigenvalue weighted by atomic mass is 9.94. The molecule has 0 amide bonds. The van der Waals surface area contributed by atoms with Crippen molar-refractivity contribution >= 4 is 5.84 Å². The number of ether oxygens (including phenoxy) is 1. The van der Waals surface area contributed by atoms with Gasteiger partial charge in [-0.05, 0) is 32.4 Å². The molecule has 1 atom stereocenters. The van der Waals surface area contributed by atoms with E-state index in [1.54, 1.807) is 0 Å². The first-order valence-electron chi connectivity index (χ1n) is 5.60. The molecule has 0 aromatic carbocycles. The van der Waals surface area contributed by atoms with Crippen molar-refractivity contribution in [3.05, 3.63) is 0 Å². The number of rotatable bonds is 2. The highest BCUT2D eigenvalue weighted by Crippen LogP contribution is 2.22. The van der Waals surface area contributed by atoms with Gasteiger partial charge in [0.15, 0.2) is 0 Å². The molecular weight excluding hydrogens is 194 g/mol. The first kappa shape index (κ1) is 10.7. The summed E-state index contributed by atoms with van der Waals surface area (Å²) in [5.74, 6) is 0.644. The molecule has 5 nitrogen and oxygen atoms in total. The number of hydrogen-bond acceptors (Lipinski definition) is 4. The van der Waals surface area contributed by atoms with Crippen molar-refractivity contribution in [3.63, 3.8) is 0 Å². The minimum absolute atomic E-state index is 0.258. The zero-order valence-electron chi connectivity index (χ0n) is 8.93. The maximum Gasteiger partial charge on any atom is 0.142 e. The predicted molar refractivity (Wildman–Crippen MR) is 56.9 cm³/mol. The standard InChI is InChI=1S/C10H19N3O2/c11-10(12-14)8-1-4-13(5-2-8)9-3-6-15-7-9/h8-9,14H,1-7H2,(H2,11,12). The lowest BCUT2D eigenvalue weighted by molar-refractivity contribution is 0.120. The highest BCUT2D eigenvalue weighted by Gasteiger charge is 2.28. The second kappa shape index (κ2) is 4.81. The topological polar surface area (TPSA) is 71.1 Å². The van der Waals surface area contributed by atoms with Crippen molar-refractivity contribution in [2.45, 2.75) is 25.3 Å². The molecule has 0 radical (unpaired) electrons. The van der Waals surface area contributed by atoms with Gasteiger partial charge in [-0.15, -0.1) is 0 Å². The minimum atomic E-state index is 0.258. The van der Waals surface area contributed by atoms with Crippen molar-refractivity contribution in [3.8, 4) is 0 Å². The van der Waals surface area contributed by atoms with Crippen molar-refractivity contribution in [1.82, 2.24) is 4.90 Å². The Kier molecular flexibility index (Phi) is 3.43. The van der Waals surface area contributed by atoms with Gasteiger partial charge in [0.05, 0.1) is 6.61 Å². The van der Waals surface area contributed by atoms with Gasteiger partial charge in [0.25, 0.3) is 0 Å². The first-order chi connectivity index (χ1) is 7.31. The van der Waals surface area contributed by atoms with Gasteiger partial charge in [-0.1, -0.05) is 5.16 Å². The fraction of sp³-hybridized carbons (Fsp3) is 0.900. The molecule has 1 unspecified atom stereocenters. The zero-order valence-corrected chi connectivity index (χ0v) is 8.93. The van der Waals surface area contributed by atoms with Crippen LogP contribution in [0, 0.1) is 5.92 Å². The first-order valence-corrected chi connectivity index (χ1v) is 5.60. The predicted octanol–water partition coefficient (Wildman–Crippen LogP) is 0.234. The Morgan fingerprint density at radius 3 is 2.60 bits per heavy atom. The van der Waals surface area contributed by atoms with E-state index >= 15 is 0 Å². The van der Waals surface area contributed by atoms with E-state index in [1.165, 1.54) is 0 Å². The Morgan fingerprint density at radius 2 is 2.07 bits per heavy atom. The number of nitrogens with zero attached hydrogens (tertiary/aromatic N) is 2. The summed E-state index contributed by atoms with van der Waals surface area (Å²) in [5.41, 5.74) is 5.60. The molecule has 2 heterocycles. The van der Waals surface area contributed by atoms with E-state index in [4.69, 9.17) is 15.7 Å². The third kappa shape index (κ3) is 2.41. The fourth-order valence-electron chi connectivity index (χ4n) is 2.45. The molecule has 0 saturated carbocycles. The molecule has 0 bridgehead atoms. The molecule has 5 heteroatoms. The second-order valence-corrected chi connectivity index (χ2v) is 4.35. The van der Waals surface area contributed by atoms with Crippen LogP contribution in [0.3, 0.4) is 0 Å². The Bertz CT molecular complexity index is 231. The molecule has 15 heavy (non-hydrogen) atoms. The molecule has 0 aromatic heterocycles. The van der Waals surface area contributed by atoms with E-state index in [-0.39, 0.29) is 5.92 Å². The van der Waals surface area contributed by atoms with E-state index < -0.39 is 0 Å². The third-order valence-electron chi connectivity index (χ3n) is 3.49. The number of nitrogens with two attached hydrogens (primary N) is 1. The molecule has 2 rings (SSSR count). The highest BCUT2D eigenvalue weighted by molar-refractivity contribution is 5.82. The zero-order chi connectivity index (χ0) is 10.7. The van der Waals surface area contributed by atoms with Crippen molar-refractivity contribution < 1.29 is 9.94 Å². The van der Waals surface area contributed by atoms with Crippen LogP contribution in [0.1, 0.15) is 19.3 Å². The van der Waals surface area contributed by atoms with Gasteiger partial charge in [-0.25, -0.2) is 0 Å². The fourth-order valence-corrected chi connectivity index (χ4v) is 2.45. The van der Waals surface area contributed by atoms with Gasteiger partial charge in [-0.3, -0.25) is 4.90 Å². The molecule has 0 spiro atoms. The smallest absolute Gasteiger partial charge is 0.142 e. The van der Waals surface area contributed by atoms with Gasteiger partial charge in [0, 0.05) is 18.6 Å². The minimum Gasteiger partial charge on any atom is -0.409 e. The average molecular weight is 213 g/mol. The van der Waals surface area contributed by atoms with Crippen LogP contribution in [-0.4, -0.2) is 48.3 Å². The van der Waals surface area contributed by atoms with Crippen LogP contribution < -0.4 is 5.73 Å². The van der Waals surface area contributed by atoms with E-state index in [2.05, 4.69) is 10.1 Å². The van der Waals surface area contributed by atoms with Crippen molar-refractivity contribution in [2.75, 3.05) is 26.3 Å². The van der Waals surface area contributed by atoms with Crippen LogP contribution in [-0.2, 0) is 4.74 Å². The summed E-state index contributed by atoms with van der Waals surface area (Å²) in [6.45, 7) is 3.84. The normalized spacial score (nSPS) is 30.9. The number of amidine groups is 1. The number of piperidine rings is 1. The molecule has 2 fully saturated rings. The largest absolute Gasteiger partial charge is 0.409 e. The Morgan fingerprint density at radius 1 is 1.33 bits per heavy atom. The summed E-state index contributed by atoms with van der Waals surface area (Å²) in [4.78, 5) is 2.47. The Hall–Kier alpha value is -0.810. The molecule has 3 N–H and O–H groups in total. The van der Waals surface area contributed by atoms with Crippen LogP contribution in [0.2, 0.25) is 0 Å². The lowest BCUT2D eigenvalue weighted by Crippen LogP contribution is -2.44.